The SMILES string of the molecule is CC(C)(Oc1ccc(F)cc1F)C(=O)Nc1nc(CC(=O)Nc2ccc(F)cc2)cs1. The number of nitrogens with zero attached hydrogens (tertiary/aromatic N) is 1. The molecule has 31 heavy (non-hydrogen) atoms. The van der Waals surface area contributed by atoms with Crippen LogP contribution in [0.5, 0.6) is 5.75 Å². The molecule has 0 fully saturated rings. The summed E-state index contributed by atoms with van der Waals surface area (Å²) in [6, 6.07) is 8.12. The van der Waals surface area contributed by atoms with Crippen LogP contribution in [0.3, 0.4) is 0 Å². The number of benzene rings is 2. The predicted octanol–water partition coefficient (Wildman–Crippen LogP) is 4.54. The molecule has 162 valence electrons. The minimum atomic E-state index is -1.48. The standard InChI is InChI=1S/C21H18F3N3O3S/c1-21(2,30-17-8-5-13(23)9-16(17)24)19(29)27-20-26-15(11-31-20)10-18(28)25-14-6-3-12(22)4-7-14/h3-9,11H,10H2,1-2H3,(H,25,28)(H,26,27,29). The first-order valence-electron chi connectivity index (χ1n) is 9.08. The van der Waals surface area contributed by atoms with Crippen LogP contribution in [0.2, 0.25) is 0 Å². The van der Waals surface area contributed by atoms with Crippen LogP contribution in [0, 0.1) is 17.5 Å². The molecule has 1 heterocycles. The van der Waals surface area contributed by atoms with Gasteiger partial charge in [0, 0.05) is 17.1 Å². The molecule has 3 rings (SSSR count). The van der Waals surface area contributed by atoms with E-state index in [9.17, 15) is 22.8 Å². The van der Waals surface area contributed by atoms with Gasteiger partial charge in [0.25, 0.3) is 5.91 Å². The average Bonchev–Trinajstić information content (AvgIpc) is 3.12. The Labute approximate surface area is 180 Å². The molecule has 2 amide bonds. The van der Waals surface area contributed by atoms with Crippen molar-refractivity contribution < 1.29 is 27.5 Å². The highest BCUT2D eigenvalue weighted by Gasteiger charge is 2.31. The van der Waals surface area contributed by atoms with Gasteiger partial charge in [-0.2, -0.15) is 0 Å². The lowest BCUT2D eigenvalue weighted by atomic mass is 10.1. The second-order valence-corrected chi connectivity index (χ2v) is 7.88. The largest absolute Gasteiger partial charge is 0.475 e. The first-order valence-corrected chi connectivity index (χ1v) is 9.96. The van der Waals surface area contributed by atoms with Gasteiger partial charge in [0.2, 0.25) is 5.91 Å². The molecule has 0 saturated carbocycles. The first-order chi connectivity index (χ1) is 14.6. The number of aromatic nitrogens is 1. The van der Waals surface area contributed by atoms with Gasteiger partial charge in [-0.3, -0.25) is 14.9 Å². The maximum Gasteiger partial charge on any atom is 0.269 e. The van der Waals surface area contributed by atoms with E-state index >= 15 is 0 Å². The van der Waals surface area contributed by atoms with Crippen LogP contribution in [0.4, 0.5) is 24.0 Å². The summed E-state index contributed by atoms with van der Waals surface area (Å²) < 4.78 is 45.2. The molecule has 0 aliphatic carbocycles. The fourth-order valence-electron chi connectivity index (χ4n) is 2.48. The van der Waals surface area contributed by atoms with Gasteiger partial charge in [-0.15, -0.1) is 11.3 Å². The summed E-state index contributed by atoms with van der Waals surface area (Å²) in [4.78, 5) is 28.8. The molecule has 0 aliphatic rings. The van der Waals surface area contributed by atoms with Crippen molar-refractivity contribution >= 4 is 34.0 Å². The van der Waals surface area contributed by atoms with Crippen molar-refractivity contribution in [3.05, 3.63) is 71.0 Å². The zero-order valence-corrected chi connectivity index (χ0v) is 17.4. The van der Waals surface area contributed by atoms with Crippen molar-refractivity contribution in [3.63, 3.8) is 0 Å². The van der Waals surface area contributed by atoms with E-state index in [-0.39, 0.29) is 23.2 Å². The lowest BCUT2D eigenvalue weighted by molar-refractivity contribution is -0.128. The van der Waals surface area contributed by atoms with Gasteiger partial charge in [-0.1, -0.05) is 0 Å². The summed E-state index contributed by atoms with van der Waals surface area (Å²) in [6.07, 6.45) is -0.0512. The number of carbonyl (C=O) groups is 2. The molecule has 2 aromatic carbocycles. The normalized spacial score (nSPS) is 11.1. The second-order valence-electron chi connectivity index (χ2n) is 7.02. The maximum atomic E-state index is 13.8. The Morgan fingerprint density at radius 3 is 2.39 bits per heavy atom. The van der Waals surface area contributed by atoms with Gasteiger partial charge in [0.1, 0.15) is 11.6 Å². The summed E-state index contributed by atoms with van der Waals surface area (Å²) in [5.41, 5.74) is -0.616. The molecule has 1 aromatic heterocycles. The molecule has 0 atom stereocenters. The van der Waals surface area contributed by atoms with Crippen LogP contribution in [-0.2, 0) is 16.0 Å². The Bertz CT molecular complexity index is 1100. The number of amides is 2. The monoisotopic (exact) mass is 449 g/mol. The van der Waals surface area contributed by atoms with E-state index in [4.69, 9.17) is 4.74 Å². The smallest absolute Gasteiger partial charge is 0.269 e. The third-order valence-corrected chi connectivity index (χ3v) is 4.85. The molecular formula is C21H18F3N3O3S. The Kier molecular flexibility index (Phi) is 6.59. The van der Waals surface area contributed by atoms with Gasteiger partial charge < -0.3 is 10.1 Å². The minimum Gasteiger partial charge on any atom is -0.475 e. The van der Waals surface area contributed by atoms with Crippen LogP contribution in [0.1, 0.15) is 19.5 Å². The zero-order valence-electron chi connectivity index (χ0n) is 16.5. The highest BCUT2D eigenvalue weighted by atomic mass is 32.1. The van der Waals surface area contributed by atoms with E-state index in [0.717, 1.165) is 23.5 Å². The van der Waals surface area contributed by atoms with Gasteiger partial charge in [0.15, 0.2) is 22.3 Å². The predicted molar refractivity (Wildman–Crippen MR) is 111 cm³/mol. The van der Waals surface area contributed by atoms with Gasteiger partial charge in [0.05, 0.1) is 12.1 Å². The summed E-state index contributed by atoms with van der Waals surface area (Å²) in [6.45, 7) is 2.85. The number of hydrogen-bond acceptors (Lipinski definition) is 5. The Morgan fingerprint density at radius 2 is 1.71 bits per heavy atom. The van der Waals surface area contributed by atoms with E-state index in [1.54, 1.807) is 5.38 Å². The molecule has 0 aliphatic heterocycles. The average molecular weight is 449 g/mol. The third-order valence-electron chi connectivity index (χ3n) is 4.05. The van der Waals surface area contributed by atoms with Crippen molar-refractivity contribution in [1.82, 2.24) is 4.98 Å². The molecule has 0 spiro atoms. The summed E-state index contributed by atoms with van der Waals surface area (Å²) in [5.74, 6) is -3.32. The molecule has 2 N–H and O–H groups in total. The molecule has 3 aromatic rings. The third kappa shape index (κ3) is 6.05. The fourth-order valence-corrected chi connectivity index (χ4v) is 3.18. The highest BCUT2D eigenvalue weighted by molar-refractivity contribution is 7.14. The highest BCUT2D eigenvalue weighted by Crippen LogP contribution is 2.25. The van der Waals surface area contributed by atoms with E-state index in [2.05, 4.69) is 15.6 Å². The molecule has 0 radical (unpaired) electrons. The van der Waals surface area contributed by atoms with Gasteiger partial charge >= 0.3 is 0 Å². The number of halogens is 3. The van der Waals surface area contributed by atoms with Crippen LogP contribution in [0.25, 0.3) is 0 Å². The number of hydrogen-bond donors (Lipinski definition) is 2. The summed E-state index contributed by atoms with van der Waals surface area (Å²) >= 11 is 1.10. The number of rotatable bonds is 7. The topological polar surface area (TPSA) is 80.3 Å². The van der Waals surface area contributed by atoms with Gasteiger partial charge in [-0.25, -0.2) is 18.2 Å². The molecule has 6 nitrogen and oxygen atoms in total. The number of ether oxygens (including phenoxy) is 1. The van der Waals surface area contributed by atoms with Crippen LogP contribution < -0.4 is 15.4 Å². The lowest BCUT2D eigenvalue weighted by Crippen LogP contribution is -2.42. The molecular weight excluding hydrogens is 431 g/mol. The Hall–Kier alpha value is -3.40. The molecule has 0 unspecified atom stereocenters. The van der Waals surface area contributed by atoms with E-state index in [1.165, 1.54) is 38.1 Å². The lowest BCUT2D eigenvalue weighted by Gasteiger charge is -2.24. The van der Waals surface area contributed by atoms with E-state index in [1.807, 2.05) is 0 Å². The van der Waals surface area contributed by atoms with E-state index in [0.29, 0.717) is 17.4 Å². The van der Waals surface area contributed by atoms with Crippen LogP contribution in [0.15, 0.2) is 47.8 Å². The molecule has 0 saturated heterocycles. The number of thiazole rings is 1. The van der Waals surface area contributed by atoms with Gasteiger partial charge in [-0.05, 0) is 50.2 Å². The molecule has 10 heteroatoms. The minimum absolute atomic E-state index is 0.0512. The quantitative estimate of drug-likeness (QED) is 0.555. The Balaban J connectivity index is 1.58. The maximum absolute atomic E-state index is 13.8. The van der Waals surface area contributed by atoms with Crippen molar-refractivity contribution in [2.24, 2.45) is 0 Å². The van der Waals surface area contributed by atoms with Crippen molar-refractivity contribution in [2.75, 3.05) is 10.6 Å². The summed E-state index contributed by atoms with van der Waals surface area (Å²) in [5, 5.41) is 7.01. The fraction of sp³-hybridized carbons (Fsp3) is 0.190. The number of carbonyl (C=O) groups excluding carboxylic acids is 2. The van der Waals surface area contributed by atoms with Crippen LogP contribution >= 0.6 is 11.3 Å². The second kappa shape index (κ2) is 9.17. The number of nitrogens with one attached hydrogen (secondary N) is 2. The van der Waals surface area contributed by atoms with Crippen molar-refractivity contribution in [3.8, 4) is 5.75 Å². The number of anilines is 2. The van der Waals surface area contributed by atoms with Crippen LogP contribution in [-0.4, -0.2) is 22.4 Å². The zero-order chi connectivity index (χ0) is 22.6. The summed E-state index contributed by atoms with van der Waals surface area (Å²) in [7, 11) is 0. The van der Waals surface area contributed by atoms with E-state index < -0.39 is 29.0 Å². The van der Waals surface area contributed by atoms with Crippen molar-refractivity contribution in [2.45, 2.75) is 25.9 Å². The van der Waals surface area contributed by atoms with Crippen molar-refractivity contribution in [1.29, 1.82) is 0 Å². The first kappa shape index (κ1) is 22.3. The Morgan fingerprint density at radius 1 is 1.03 bits per heavy atom. The molecule has 0 bridgehead atoms.